The summed E-state index contributed by atoms with van der Waals surface area (Å²) in [7, 11) is 0. The van der Waals surface area contributed by atoms with Crippen molar-refractivity contribution in [3.63, 3.8) is 0 Å². The van der Waals surface area contributed by atoms with E-state index in [9.17, 15) is 9.90 Å². The van der Waals surface area contributed by atoms with Crippen LogP contribution in [0.25, 0.3) is 0 Å². The molecule has 19 heavy (non-hydrogen) atoms. The van der Waals surface area contributed by atoms with Gasteiger partial charge in [-0.2, -0.15) is 0 Å². The maximum absolute atomic E-state index is 12.7. The van der Waals surface area contributed by atoms with Crippen molar-refractivity contribution < 1.29 is 9.90 Å². The van der Waals surface area contributed by atoms with Gasteiger partial charge >= 0.3 is 0 Å². The Morgan fingerprint density at radius 1 is 1.05 bits per heavy atom. The van der Waals surface area contributed by atoms with E-state index in [1.54, 1.807) is 0 Å². The van der Waals surface area contributed by atoms with Gasteiger partial charge in [0, 0.05) is 31.7 Å². The Kier molecular flexibility index (Phi) is 2.85. The summed E-state index contributed by atoms with van der Waals surface area (Å²) in [4.78, 5) is 17.5. The number of carbonyl (C=O) groups is 1. The normalized spacial score (nSPS) is 46.7. The van der Waals surface area contributed by atoms with Gasteiger partial charge in [0.05, 0.1) is 12.0 Å². The fraction of sp³-hybridized carbons (Fsp3) is 0.933. The molecule has 0 aliphatic carbocycles. The van der Waals surface area contributed by atoms with Crippen molar-refractivity contribution in [3.05, 3.63) is 0 Å². The Balaban J connectivity index is 1.62. The van der Waals surface area contributed by atoms with Gasteiger partial charge in [-0.1, -0.05) is 0 Å². The number of rotatable bonds is 0. The van der Waals surface area contributed by atoms with Crippen molar-refractivity contribution in [1.82, 2.24) is 9.80 Å². The van der Waals surface area contributed by atoms with Crippen molar-refractivity contribution in [2.75, 3.05) is 19.6 Å². The van der Waals surface area contributed by atoms with Crippen molar-refractivity contribution in [3.8, 4) is 0 Å². The van der Waals surface area contributed by atoms with Crippen LogP contribution in [0, 0.1) is 11.8 Å². The summed E-state index contributed by atoms with van der Waals surface area (Å²) >= 11 is 0. The monoisotopic (exact) mass is 264 g/mol. The highest BCUT2D eigenvalue weighted by Crippen LogP contribution is 2.43. The number of amides is 1. The van der Waals surface area contributed by atoms with Crippen LogP contribution in [0.2, 0.25) is 0 Å². The maximum Gasteiger partial charge on any atom is 0.227 e. The molecule has 4 heterocycles. The zero-order chi connectivity index (χ0) is 13.0. The van der Waals surface area contributed by atoms with Crippen LogP contribution >= 0.6 is 0 Å². The largest absolute Gasteiger partial charge is 0.393 e. The van der Waals surface area contributed by atoms with Crippen molar-refractivity contribution in [2.45, 2.75) is 56.7 Å². The number of hydrogen-bond donors (Lipinski definition) is 1. The molecule has 4 fully saturated rings. The Bertz CT molecular complexity index is 386. The number of carbonyl (C=O) groups excluding carboxylic acids is 1. The lowest BCUT2D eigenvalue weighted by atomic mass is 9.70. The quantitative estimate of drug-likeness (QED) is 0.705. The summed E-state index contributed by atoms with van der Waals surface area (Å²) in [5.74, 6) is 1.25. The molecule has 0 aromatic heterocycles. The molecule has 4 saturated heterocycles. The van der Waals surface area contributed by atoms with Crippen LogP contribution in [-0.2, 0) is 4.79 Å². The summed E-state index contributed by atoms with van der Waals surface area (Å²) in [5, 5.41) is 9.91. The number of piperidine rings is 4. The van der Waals surface area contributed by atoms with Crippen LogP contribution in [0.5, 0.6) is 0 Å². The number of nitrogens with zero attached hydrogens (tertiary/aromatic N) is 2. The van der Waals surface area contributed by atoms with Crippen LogP contribution in [0.15, 0.2) is 0 Å². The molecule has 0 radical (unpaired) electrons. The minimum absolute atomic E-state index is 0.169. The molecule has 2 bridgehead atoms. The molecule has 0 spiro atoms. The van der Waals surface area contributed by atoms with Crippen LogP contribution in [-0.4, -0.2) is 58.6 Å². The predicted molar refractivity (Wildman–Crippen MR) is 71.6 cm³/mol. The van der Waals surface area contributed by atoms with E-state index in [0.717, 1.165) is 38.9 Å². The lowest BCUT2D eigenvalue weighted by Gasteiger charge is -2.56. The van der Waals surface area contributed by atoms with Crippen molar-refractivity contribution >= 4 is 5.91 Å². The van der Waals surface area contributed by atoms with E-state index in [1.165, 1.54) is 19.3 Å². The smallest absolute Gasteiger partial charge is 0.227 e. The molecular weight excluding hydrogens is 240 g/mol. The molecule has 1 N–H and O–H groups in total. The highest BCUT2D eigenvalue weighted by molar-refractivity contribution is 5.81. The van der Waals surface area contributed by atoms with Crippen molar-refractivity contribution in [2.24, 2.45) is 11.8 Å². The predicted octanol–water partition coefficient (Wildman–Crippen LogP) is 0.842. The lowest BCUT2D eigenvalue weighted by molar-refractivity contribution is -0.160. The molecule has 4 heteroatoms. The molecule has 1 amide bonds. The van der Waals surface area contributed by atoms with Gasteiger partial charge in [-0.25, -0.2) is 0 Å². The summed E-state index contributed by atoms with van der Waals surface area (Å²) in [6, 6.07) is 0.834. The number of aliphatic hydroxyl groups is 1. The van der Waals surface area contributed by atoms with Gasteiger partial charge in [0.2, 0.25) is 5.91 Å². The third-order valence-corrected chi connectivity index (χ3v) is 5.92. The molecule has 106 valence electrons. The second kappa shape index (κ2) is 4.45. The zero-order valence-electron chi connectivity index (χ0n) is 11.5. The Labute approximate surface area is 114 Å². The van der Waals surface area contributed by atoms with Gasteiger partial charge in [0.15, 0.2) is 0 Å². The number of fused-ring (bicyclic) bond motifs is 6. The van der Waals surface area contributed by atoms with Crippen LogP contribution in [0.4, 0.5) is 0 Å². The molecule has 4 aliphatic rings. The fourth-order valence-electron chi connectivity index (χ4n) is 5.01. The van der Waals surface area contributed by atoms with E-state index >= 15 is 0 Å². The van der Waals surface area contributed by atoms with Crippen LogP contribution in [0.1, 0.15) is 38.5 Å². The SMILES string of the molecule is O=C1[C@H]2C[C@H](CN3CC[C@H](O)C[C@@H]23)[C@H]2CCCCN12. The second-order valence-corrected chi connectivity index (χ2v) is 6.94. The first-order valence-electron chi connectivity index (χ1n) is 7.96. The molecule has 4 rings (SSSR count). The van der Waals surface area contributed by atoms with Crippen molar-refractivity contribution in [1.29, 1.82) is 0 Å². The van der Waals surface area contributed by atoms with Gasteiger partial charge in [-0.3, -0.25) is 9.69 Å². The highest BCUT2D eigenvalue weighted by atomic mass is 16.3. The first kappa shape index (κ1) is 12.2. The molecule has 0 aromatic rings. The van der Waals surface area contributed by atoms with Gasteiger partial charge in [0.1, 0.15) is 0 Å². The average Bonchev–Trinajstić information content (AvgIpc) is 2.45. The van der Waals surface area contributed by atoms with Gasteiger partial charge in [-0.05, 0) is 44.4 Å². The van der Waals surface area contributed by atoms with Gasteiger partial charge in [0.25, 0.3) is 0 Å². The van der Waals surface area contributed by atoms with Gasteiger partial charge in [-0.15, -0.1) is 0 Å². The molecular formula is C15H24N2O2. The summed E-state index contributed by atoms with van der Waals surface area (Å²) < 4.78 is 0. The van der Waals surface area contributed by atoms with E-state index in [2.05, 4.69) is 9.80 Å². The molecule has 4 aliphatic heterocycles. The summed E-state index contributed by atoms with van der Waals surface area (Å²) in [6.45, 7) is 3.12. The highest BCUT2D eigenvalue weighted by Gasteiger charge is 2.51. The third kappa shape index (κ3) is 1.83. The molecule has 0 aromatic carbocycles. The van der Waals surface area contributed by atoms with E-state index in [0.29, 0.717) is 23.9 Å². The molecule has 0 saturated carbocycles. The average molecular weight is 264 g/mol. The van der Waals surface area contributed by atoms with Crippen LogP contribution < -0.4 is 0 Å². The Morgan fingerprint density at radius 3 is 2.84 bits per heavy atom. The second-order valence-electron chi connectivity index (χ2n) is 6.94. The first-order chi connectivity index (χ1) is 9.24. The van der Waals surface area contributed by atoms with E-state index in [-0.39, 0.29) is 12.0 Å². The minimum atomic E-state index is -0.190. The lowest BCUT2D eigenvalue weighted by Crippen LogP contribution is -2.66. The zero-order valence-corrected chi connectivity index (χ0v) is 11.5. The molecule has 5 atom stereocenters. The summed E-state index contributed by atoms with van der Waals surface area (Å²) in [6.07, 6.45) is 6.26. The van der Waals surface area contributed by atoms with Crippen LogP contribution in [0.3, 0.4) is 0 Å². The van der Waals surface area contributed by atoms with Gasteiger partial charge < -0.3 is 10.0 Å². The standard InChI is InChI=1S/C15H24N2O2/c18-11-4-6-16-9-10-7-12(14(16)8-11)15(19)17-5-2-1-3-13(10)17/h10-14,18H,1-9H2/t10-,11+,12+,13-,14+/m1/s1. The third-order valence-electron chi connectivity index (χ3n) is 5.92. The molecule has 4 nitrogen and oxygen atoms in total. The molecule has 0 unspecified atom stereocenters. The van der Waals surface area contributed by atoms with E-state index < -0.39 is 0 Å². The Morgan fingerprint density at radius 2 is 1.95 bits per heavy atom. The first-order valence-corrected chi connectivity index (χ1v) is 7.96. The fourth-order valence-corrected chi connectivity index (χ4v) is 5.01. The topological polar surface area (TPSA) is 43.8 Å². The minimum Gasteiger partial charge on any atom is -0.393 e. The summed E-state index contributed by atoms with van der Waals surface area (Å²) in [5.41, 5.74) is 0. The van der Waals surface area contributed by atoms with E-state index in [1.807, 2.05) is 0 Å². The number of aliphatic hydroxyl groups excluding tert-OH is 1. The van der Waals surface area contributed by atoms with E-state index in [4.69, 9.17) is 0 Å². The maximum atomic E-state index is 12.7. The Hall–Kier alpha value is -0.610. The number of hydrogen-bond acceptors (Lipinski definition) is 3.